The molecule has 0 atom stereocenters. The Balaban J connectivity index is 1.88. The molecule has 3 rings (SSSR count). The molecule has 0 saturated carbocycles. The minimum atomic E-state index is -0.455. The predicted molar refractivity (Wildman–Crippen MR) is 94.3 cm³/mol. The highest BCUT2D eigenvalue weighted by atomic mass is 19.1. The van der Waals surface area contributed by atoms with Crippen LogP contribution in [0, 0.1) is 12.7 Å². The van der Waals surface area contributed by atoms with E-state index >= 15 is 0 Å². The summed E-state index contributed by atoms with van der Waals surface area (Å²) >= 11 is 0. The number of hydrogen-bond acceptors (Lipinski definition) is 3. The molecular weight excluding hydrogens is 321 g/mol. The van der Waals surface area contributed by atoms with Crippen molar-refractivity contribution in [2.75, 3.05) is 12.4 Å². The number of amides is 1. The SMILES string of the molecule is COc1ccc(-c2cc(C(=O)Nc3cccc(C)c3)n(C)n2)c(F)c1. The predicted octanol–water partition coefficient (Wildman–Crippen LogP) is 3.80. The highest BCUT2D eigenvalue weighted by Crippen LogP contribution is 2.26. The summed E-state index contributed by atoms with van der Waals surface area (Å²) in [6.45, 7) is 1.95. The summed E-state index contributed by atoms with van der Waals surface area (Å²) in [5.41, 5.74) is 2.78. The molecule has 3 aromatic rings. The average Bonchev–Trinajstić information content (AvgIpc) is 2.96. The number of carbonyl (C=O) groups excluding carboxylic acids is 1. The van der Waals surface area contributed by atoms with Gasteiger partial charge in [-0.3, -0.25) is 9.48 Å². The normalized spacial score (nSPS) is 10.6. The van der Waals surface area contributed by atoms with Crippen LogP contribution >= 0.6 is 0 Å². The molecule has 0 aliphatic carbocycles. The van der Waals surface area contributed by atoms with E-state index in [2.05, 4.69) is 10.4 Å². The van der Waals surface area contributed by atoms with Crippen molar-refractivity contribution in [1.82, 2.24) is 9.78 Å². The fraction of sp³-hybridized carbons (Fsp3) is 0.158. The van der Waals surface area contributed by atoms with Crippen LogP contribution in [-0.4, -0.2) is 22.8 Å². The Morgan fingerprint density at radius 3 is 2.68 bits per heavy atom. The number of benzene rings is 2. The lowest BCUT2D eigenvalue weighted by molar-refractivity contribution is 0.101. The zero-order valence-corrected chi connectivity index (χ0v) is 14.2. The minimum Gasteiger partial charge on any atom is -0.497 e. The van der Waals surface area contributed by atoms with Crippen molar-refractivity contribution >= 4 is 11.6 Å². The standard InChI is InChI=1S/C19H18FN3O2/c1-12-5-4-6-13(9-12)21-19(24)18-11-17(22-23(18)2)15-8-7-14(25-3)10-16(15)20/h4-11H,1-3H3,(H,21,24). The van der Waals surface area contributed by atoms with Gasteiger partial charge in [0.05, 0.1) is 12.8 Å². The molecule has 0 fully saturated rings. The van der Waals surface area contributed by atoms with Crippen LogP contribution in [0.15, 0.2) is 48.5 Å². The number of halogens is 1. The van der Waals surface area contributed by atoms with Gasteiger partial charge in [-0.15, -0.1) is 0 Å². The number of nitrogens with one attached hydrogen (secondary N) is 1. The van der Waals surface area contributed by atoms with Crippen molar-refractivity contribution in [1.29, 1.82) is 0 Å². The molecule has 0 saturated heterocycles. The van der Waals surface area contributed by atoms with Gasteiger partial charge in [-0.1, -0.05) is 12.1 Å². The second-order valence-electron chi connectivity index (χ2n) is 5.71. The van der Waals surface area contributed by atoms with E-state index in [0.29, 0.717) is 28.4 Å². The number of aromatic nitrogens is 2. The van der Waals surface area contributed by atoms with Crippen molar-refractivity contribution in [3.05, 3.63) is 65.6 Å². The van der Waals surface area contributed by atoms with E-state index in [1.54, 1.807) is 25.2 Å². The smallest absolute Gasteiger partial charge is 0.273 e. The molecule has 1 N–H and O–H groups in total. The number of hydrogen-bond donors (Lipinski definition) is 1. The van der Waals surface area contributed by atoms with Crippen LogP contribution in [0.5, 0.6) is 5.75 Å². The second-order valence-corrected chi connectivity index (χ2v) is 5.71. The van der Waals surface area contributed by atoms with Crippen molar-refractivity contribution < 1.29 is 13.9 Å². The van der Waals surface area contributed by atoms with E-state index in [-0.39, 0.29) is 5.91 Å². The number of aryl methyl sites for hydroxylation is 2. The molecule has 1 amide bonds. The highest BCUT2D eigenvalue weighted by Gasteiger charge is 2.17. The monoisotopic (exact) mass is 339 g/mol. The summed E-state index contributed by atoms with van der Waals surface area (Å²) < 4.78 is 20.7. The summed E-state index contributed by atoms with van der Waals surface area (Å²) in [5, 5.41) is 7.08. The molecule has 6 heteroatoms. The molecule has 25 heavy (non-hydrogen) atoms. The third-order valence-electron chi connectivity index (χ3n) is 3.84. The number of nitrogens with zero attached hydrogens (tertiary/aromatic N) is 2. The third-order valence-corrected chi connectivity index (χ3v) is 3.84. The minimum absolute atomic E-state index is 0.305. The zero-order chi connectivity index (χ0) is 18.0. The Hall–Kier alpha value is -3.15. The van der Waals surface area contributed by atoms with E-state index in [4.69, 9.17) is 4.74 Å². The summed E-state index contributed by atoms with van der Waals surface area (Å²) in [7, 11) is 3.12. The van der Waals surface area contributed by atoms with Gasteiger partial charge in [0.25, 0.3) is 5.91 Å². The lowest BCUT2D eigenvalue weighted by Gasteiger charge is -2.05. The Labute approximate surface area is 145 Å². The molecule has 2 aromatic carbocycles. The highest BCUT2D eigenvalue weighted by molar-refractivity contribution is 6.03. The Morgan fingerprint density at radius 1 is 1.20 bits per heavy atom. The van der Waals surface area contributed by atoms with Crippen LogP contribution in [0.2, 0.25) is 0 Å². The van der Waals surface area contributed by atoms with E-state index in [1.165, 1.54) is 17.9 Å². The van der Waals surface area contributed by atoms with Crippen LogP contribution in [-0.2, 0) is 7.05 Å². The maximum Gasteiger partial charge on any atom is 0.273 e. The van der Waals surface area contributed by atoms with Crippen molar-refractivity contribution in [3.8, 4) is 17.0 Å². The Morgan fingerprint density at radius 2 is 2.00 bits per heavy atom. The quantitative estimate of drug-likeness (QED) is 0.787. The lowest BCUT2D eigenvalue weighted by Crippen LogP contribution is -2.16. The Kier molecular flexibility index (Phi) is 4.52. The fourth-order valence-corrected chi connectivity index (χ4v) is 2.56. The summed E-state index contributed by atoms with van der Waals surface area (Å²) in [4.78, 5) is 12.5. The second kappa shape index (κ2) is 6.76. The van der Waals surface area contributed by atoms with E-state index in [9.17, 15) is 9.18 Å². The topological polar surface area (TPSA) is 56.1 Å². The summed E-state index contributed by atoms with van der Waals surface area (Å²) in [6.07, 6.45) is 0. The zero-order valence-electron chi connectivity index (χ0n) is 14.2. The van der Waals surface area contributed by atoms with Crippen LogP contribution in [0.25, 0.3) is 11.3 Å². The molecule has 0 bridgehead atoms. The first kappa shape index (κ1) is 16.7. The van der Waals surface area contributed by atoms with Crippen molar-refractivity contribution in [3.63, 3.8) is 0 Å². The van der Waals surface area contributed by atoms with Gasteiger partial charge in [-0.05, 0) is 42.8 Å². The van der Waals surface area contributed by atoms with Gasteiger partial charge in [0.1, 0.15) is 17.3 Å². The van der Waals surface area contributed by atoms with Gasteiger partial charge in [0, 0.05) is 24.4 Å². The molecule has 0 aliphatic heterocycles. The van der Waals surface area contributed by atoms with Crippen LogP contribution < -0.4 is 10.1 Å². The number of rotatable bonds is 4. The first-order chi connectivity index (χ1) is 12.0. The molecule has 1 aromatic heterocycles. The largest absolute Gasteiger partial charge is 0.497 e. The van der Waals surface area contributed by atoms with Gasteiger partial charge in [0.15, 0.2) is 0 Å². The maximum atomic E-state index is 14.2. The van der Waals surface area contributed by atoms with E-state index < -0.39 is 5.82 Å². The Bertz CT molecular complexity index is 934. The molecule has 0 unspecified atom stereocenters. The first-order valence-corrected chi connectivity index (χ1v) is 7.74. The van der Waals surface area contributed by atoms with Crippen LogP contribution in [0.4, 0.5) is 10.1 Å². The summed E-state index contributed by atoms with van der Waals surface area (Å²) in [6, 6.07) is 13.6. The number of carbonyl (C=O) groups is 1. The molecule has 5 nitrogen and oxygen atoms in total. The molecule has 128 valence electrons. The number of anilines is 1. The van der Waals surface area contributed by atoms with Gasteiger partial charge in [-0.2, -0.15) is 5.10 Å². The van der Waals surface area contributed by atoms with Crippen molar-refractivity contribution in [2.45, 2.75) is 6.92 Å². The summed E-state index contributed by atoms with van der Waals surface area (Å²) in [5.74, 6) is -0.335. The maximum absolute atomic E-state index is 14.2. The van der Waals surface area contributed by atoms with E-state index in [0.717, 1.165) is 5.56 Å². The van der Waals surface area contributed by atoms with Gasteiger partial charge in [0.2, 0.25) is 0 Å². The number of ether oxygens (including phenoxy) is 1. The van der Waals surface area contributed by atoms with E-state index in [1.807, 2.05) is 31.2 Å². The lowest BCUT2D eigenvalue weighted by atomic mass is 10.1. The number of methoxy groups -OCH3 is 1. The van der Waals surface area contributed by atoms with Crippen LogP contribution in [0.3, 0.4) is 0 Å². The molecule has 1 heterocycles. The van der Waals surface area contributed by atoms with Gasteiger partial charge in [-0.25, -0.2) is 4.39 Å². The van der Waals surface area contributed by atoms with Crippen molar-refractivity contribution in [2.24, 2.45) is 7.05 Å². The van der Waals surface area contributed by atoms with Gasteiger partial charge < -0.3 is 10.1 Å². The molecule has 0 aliphatic rings. The molecule has 0 spiro atoms. The van der Waals surface area contributed by atoms with Crippen LogP contribution in [0.1, 0.15) is 16.1 Å². The molecular formula is C19H18FN3O2. The fourth-order valence-electron chi connectivity index (χ4n) is 2.56. The van der Waals surface area contributed by atoms with Gasteiger partial charge >= 0.3 is 0 Å². The average molecular weight is 339 g/mol. The third kappa shape index (κ3) is 3.52. The first-order valence-electron chi connectivity index (χ1n) is 7.74. The molecule has 0 radical (unpaired) electrons.